The van der Waals surface area contributed by atoms with Crippen LogP contribution in [0.2, 0.25) is 0 Å². The lowest BCUT2D eigenvalue weighted by molar-refractivity contribution is 0.170. The summed E-state index contributed by atoms with van der Waals surface area (Å²) in [5.74, 6) is 1.69. The van der Waals surface area contributed by atoms with Gasteiger partial charge in [-0.1, -0.05) is 0 Å². The van der Waals surface area contributed by atoms with Crippen molar-refractivity contribution in [3.8, 4) is 0 Å². The summed E-state index contributed by atoms with van der Waals surface area (Å²) in [7, 11) is -2.79. The Labute approximate surface area is 96.8 Å². The van der Waals surface area contributed by atoms with Crippen molar-refractivity contribution in [3.63, 3.8) is 0 Å². The highest BCUT2D eigenvalue weighted by molar-refractivity contribution is 7.91. The van der Waals surface area contributed by atoms with E-state index in [0.29, 0.717) is 11.5 Å². The van der Waals surface area contributed by atoms with Crippen molar-refractivity contribution in [1.29, 1.82) is 0 Å². The molecule has 5 heteroatoms. The molecule has 92 valence electrons. The molecule has 1 saturated heterocycles. The molecule has 0 aromatic rings. The molecule has 16 heavy (non-hydrogen) atoms. The Balaban J connectivity index is 1.88. The molecule has 0 aliphatic carbocycles. The van der Waals surface area contributed by atoms with Gasteiger partial charge in [0.2, 0.25) is 0 Å². The van der Waals surface area contributed by atoms with Crippen LogP contribution in [0.5, 0.6) is 0 Å². The fourth-order valence-corrected chi connectivity index (χ4v) is 4.25. The first-order valence-corrected chi connectivity index (χ1v) is 7.68. The predicted octanol–water partition coefficient (Wildman–Crippen LogP) is 0.833. The summed E-state index contributed by atoms with van der Waals surface area (Å²) in [6.07, 6.45) is 5.59. The van der Waals surface area contributed by atoms with Crippen molar-refractivity contribution in [1.82, 2.24) is 0 Å². The molecule has 2 unspecified atom stereocenters. The maximum atomic E-state index is 11.3. The topological polar surface area (TPSA) is 69.4 Å². The van der Waals surface area contributed by atoms with Crippen molar-refractivity contribution in [2.24, 2.45) is 11.7 Å². The van der Waals surface area contributed by atoms with Gasteiger partial charge >= 0.3 is 0 Å². The maximum Gasteiger partial charge on any atom is 0.150 e. The zero-order valence-corrected chi connectivity index (χ0v) is 10.2. The largest absolute Gasteiger partial charge is 0.497 e. The van der Waals surface area contributed by atoms with E-state index >= 15 is 0 Å². The van der Waals surface area contributed by atoms with Crippen LogP contribution in [-0.2, 0) is 14.6 Å². The van der Waals surface area contributed by atoms with Crippen LogP contribution in [0.4, 0.5) is 0 Å². The van der Waals surface area contributed by atoms with Gasteiger partial charge in [-0.15, -0.1) is 0 Å². The van der Waals surface area contributed by atoms with E-state index < -0.39 is 9.84 Å². The molecule has 0 aromatic heterocycles. The second-order valence-electron chi connectivity index (χ2n) is 4.71. The van der Waals surface area contributed by atoms with E-state index in [4.69, 9.17) is 10.5 Å². The fourth-order valence-electron chi connectivity index (χ4n) is 2.37. The van der Waals surface area contributed by atoms with Gasteiger partial charge in [0, 0.05) is 0 Å². The van der Waals surface area contributed by atoms with Crippen LogP contribution in [0, 0.1) is 5.92 Å². The second kappa shape index (κ2) is 4.75. The van der Waals surface area contributed by atoms with Gasteiger partial charge in [-0.2, -0.15) is 0 Å². The number of sulfone groups is 1. The van der Waals surface area contributed by atoms with Gasteiger partial charge in [-0.3, -0.25) is 0 Å². The Morgan fingerprint density at radius 3 is 2.94 bits per heavy atom. The second-order valence-corrected chi connectivity index (χ2v) is 6.94. The first kappa shape index (κ1) is 11.9. The summed E-state index contributed by atoms with van der Waals surface area (Å²) in [5, 5.41) is 0. The molecule has 0 radical (unpaired) electrons. The van der Waals surface area contributed by atoms with Crippen LogP contribution in [0.1, 0.15) is 25.7 Å². The highest BCUT2D eigenvalue weighted by atomic mass is 32.2. The normalized spacial score (nSPS) is 30.6. The van der Waals surface area contributed by atoms with Gasteiger partial charge in [-0.25, -0.2) is 8.42 Å². The van der Waals surface area contributed by atoms with Crippen molar-refractivity contribution >= 4 is 9.84 Å². The van der Waals surface area contributed by atoms with E-state index in [2.05, 4.69) is 0 Å². The number of rotatable bonds is 3. The summed E-state index contributed by atoms with van der Waals surface area (Å²) in [5.41, 5.74) is 6.03. The smallest absolute Gasteiger partial charge is 0.150 e. The van der Waals surface area contributed by atoms with E-state index in [1.54, 1.807) is 0 Å². The van der Waals surface area contributed by atoms with E-state index in [0.717, 1.165) is 38.0 Å². The molecule has 2 aliphatic heterocycles. The summed E-state index contributed by atoms with van der Waals surface area (Å²) >= 11 is 0. The predicted molar refractivity (Wildman–Crippen MR) is 62.6 cm³/mol. The monoisotopic (exact) mass is 245 g/mol. The lowest BCUT2D eigenvalue weighted by atomic mass is 9.98. The van der Waals surface area contributed by atoms with Crippen LogP contribution in [-0.4, -0.2) is 32.6 Å². The quantitative estimate of drug-likeness (QED) is 0.799. The van der Waals surface area contributed by atoms with Crippen molar-refractivity contribution in [3.05, 3.63) is 11.8 Å². The summed E-state index contributed by atoms with van der Waals surface area (Å²) in [4.78, 5) is 0. The minimum Gasteiger partial charge on any atom is -0.497 e. The molecule has 2 atom stereocenters. The van der Waals surface area contributed by atoms with Crippen LogP contribution in [0.15, 0.2) is 11.8 Å². The summed E-state index contributed by atoms with van der Waals surface area (Å²) in [6, 6.07) is -0.126. The van der Waals surface area contributed by atoms with Gasteiger partial charge in [-0.05, 0) is 37.7 Å². The molecule has 4 nitrogen and oxygen atoms in total. The highest BCUT2D eigenvalue weighted by Gasteiger charge is 2.30. The molecule has 2 rings (SSSR count). The first-order valence-electron chi connectivity index (χ1n) is 5.86. The van der Waals surface area contributed by atoms with E-state index in [1.165, 1.54) is 0 Å². The zero-order chi connectivity index (χ0) is 11.6. The van der Waals surface area contributed by atoms with E-state index in [1.807, 2.05) is 6.08 Å². The summed E-state index contributed by atoms with van der Waals surface area (Å²) in [6.45, 7) is 0.739. The highest BCUT2D eigenvalue weighted by Crippen LogP contribution is 2.25. The Morgan fingerprint density at radius 2 is 2.38 bits per heavy atom. The Bertz CT molecular complexity index is 375. The van der Waals surface area contributed by atoms with Crippen molar-refractivity contribution < 1.29 is 13.2 Å². The molecule has 1 fully saturated rings. The lowest BCUT2D eigenvalue weighted by Crippen LogP contribution is -2.29. The van der Waals surface area contributed by atoms with Gasteiger partial charge in [0.25, 0.3) is 0 Å². The van der Waals surface area contributed by atoms with Crippen LogP contribution in [0.3, 0.4) is 0 Å². The van der Waals surface area contributed by atoms with Crippen LogP contribution in [0.25, 0.3) is 0 Å². The SMILES string of the molecule is NC(CC1CCS(=O)(=O)C1)C1=CCCCO1. The molecule has 2 heterocycles. The van der Waals surface area contributed by atoms with E-state index in [-0.39, 0.29) is 12.0 Å². The average molecular weight is 245 g/mol. The van der Waals surface area contributed by atoms with Crippen molar-refractivity contribution in [2.75, 3.05) is 18.1 Å². The number of ether oxygens (including phenoxy) is 1. The number of nitrogens with two attached hydrogens (primary N) is 1. The van der Waals surface area contributed by atoms with Gasteiger partial charge < -0.3 is 10.5 Å². The third kappa shape index (κ3) is 2.98. The molecule has 0 aromatic carbocycles. The molecule has 2 N–H and O–H groups in total. The molecular weight excluding hydrogens is 226 g/mol. The number of hydrogen-bond donors (Lipinski definition) is 1. The zero-order valence-electron chi connectivity index (χ0n) is 9.39. The van der Waals surface area contributed by atoms with Gasteiger partial charge in [0.15, 0.2) is 9.84 Å². The molecule has 0 saturated carbocycles. The Morgan fingerprint density at radius 1 is 1.56 bits per heavy atom. The average Bonchev–Trinajstić information content (AvgIpc) is 2.59. The van der Waals surface area contributed by atoms with E-state index in [9.17, 15) is 8.42 Å². The minimum atomic E-state index is -2.79. The number of hydrogen-bond acceptors (Lipinski definition) is 4. The molecule has 2 aliphatic rings. The van der Waals surface area contributed by atoms with Gasteiger partial charge in [0.1, 0.15) is 5.76 Å². The molecule has 0 bridgehead atoms. The number of allylic oxidation sites excluding steroid dienone is 1. The third-order valence-electron chi connectivity index (χ3n) is 3.24. The molecular formula is C11H19NO3S. The van der Waals surface area contributed by atoms with Crippen LogP contribution < -0.4 is 5.73 Å². The minimum absolute atomic E-state index is 0.126. The maximum absolute atomic E-state index is 11.3. The lowest BCUT2D eigenvalue weighted by Gasteiger charge is -2.22. The molecule has 0 spiro atoms. The standard InChI is InChI=1S/C11H19NO3S/c12-10(11-3-1-2-5-15-11)7-9-4-6-16(13,14)8-9/h3,9-10H,1-2,4-8,12H2. The van der Waals surface area contributed by atoms with Crippen LogP contribution >= 0.6 is 0 Å². The third-order valence-corrected chi connectivity index (χ3v) is 5.08. The Kier molecular flexibility index (Phi) is 3.54. The molecule has 0 amide bonds. The first-order chi connectivity index (χ1) is 7.57. The fraction of sp³-hybridized carbons (Fsp3) is 0.818. The van der Waals surface area contributed by atoms with Crippen molar-refractivity contribution in [2.45, 2.75) is 31.7 Å². The Hall–Kier alpha value is -0.550. The van der Waals surface area contributed by atoms with Gasteiger partial charge in [0.05, 0.1) is 24.2 Å². The summed E-state index contributed by atoms with van der Waals surface area (Å²) < 4.78 is 28.1.